The van der Waals surface area contributed by atoms with Crippen molar-refractivity contribution in [3.05, 3.63) is 51.5 Å². The number of ether oxygens (including phenoxy) is 3. The predicted octanol–water partition coefficient (Wildman–Crippen LogP) is 5.01. The number of rotatable bonds is 2. The van der Waals surface area contributed by atoms with Gasteiger partial charge in [0.15, 0.2) is 17.3 Å². The van der Waals surface area contributed by atoms with Gasteiger partial charge in [-0.3, -0.25) is 4.79 Å². The summed E-state index contributed by atoms with van der Waals surface area (Å²) in [5.41, 5.74) is 3.98. The largest absolute Gasteiger partial charge is 0.454 e. The van der Waals surface area contributed by atoms with E-state index in [1.165, 1.54) is 0 Å². The lowest BCUT2D eigenvalue weighted by atomic mass is 9.77. The SMILES string of the molecule is CC(=O)c1ccc2c(c1)C1OCCCC1C(c1cc3c(cc1Br)OCO3)N2. The number of ketones is 1. The lowest BCUT2D eigenvalue weighted by Gasteiger charge is -2.43. The molecule has 0 aliphatic carbocycles. The second-order valence-corrected chi connectivity index (χ2v) is 8.16. The van der Waals surface area contributed by atoms with Gasteiger partial charge in [0.1, 0.15) is 0 Å². The normalized spacial score (nSPS) is 25.3. The molecule has 2 aromatic rings. The number of Topliss-reactive ketones (excluding diaryl/α,β-unsaturated/α-hetero) is 1. The molecule has 0 amide bonds. The molecule has 6 heteroatoms. The van der Waals surface area contributed by atoms with Gasteiger partial charge in [-0.2, -0.15) is 0 Å². The van der Waals surface area contributed by atoms with Crippen molar-refractivity contribution in [2.45, 2.75) is 31.9 Å². The Morgan fingerprint density at radius 1 is 1.15 bits per heavy atom. The third kappa shape index (κ3) is 2.82. The van der Waals surface area contributed by atoms with Gasteiger partial charge in [0, 0.05) is 33.8 Å². The highest BCUT2D eigenvalue weighted by Crippen LogP contribution is 2.51. The molecule has 5 nitrogen and oxygen atoms in total. The quantitative estimate of drug-likeness (QED) is 0.679. The lowest BCUT2D eigenvalue weighted by Crippen LogP contribution is -2.36. The van der Waals surface area contributed by atoms with Gasteiger partial charge in [-0.05, 0) is 55.7 Å². The van der Waals surface area contributed by atoms with Crippen molar-refractivity contribution in [2.75, 3.05) is 18.7 Å². The van der Waals surface area contributed by atoms with Crippen LogP contribution in [0.4, 0.5) is 5.69 Å². The molecule has 3 unspecified atom stereocenters. The van der Waals surface area contributed by atoms with Crippen molar-refractivity contribution >= 4 is 27.4 Å². The van der Waals surface area contributed by atoms with E-state index in [-0.39, 0.29) is 30.6 Å². The molecule has 0 saturated carbocycles. The maximum absolute atomic E-state index is 11.8. The summed E-state index contributed by atoms with van der Waals surface area (Å²) in [5.74, 6) is 1.90. The standard InChI is InChI=1S/C21H20BrNO4/c1-11(24)12-4-5-17-15(7-12)21-13(3-2-6-25-21)20(23-17)14-8-18-19(9-16(14)22)27-10-26-18/h4-5,7-9,13,20-21,23H,2-3,6,10H2,1H3. The summed E-state index contributed by atoms with van der Waals surface area (Å²) < 4.78 is 18.3. The topological polar surface area (TPSA) is 56.8 Å². The maximum Gasteiger partial charge on any atom is 0.231 e. The van der Waals surface area contributed by atoms with Crippen LogP contribution in [0.1, 0.15) is 53.4 Å². The summed E-state index contributed by atoms with van der Waals surface area (Å²) in [7, 11) is 0. The number of halogens is 1. The summed E-state index contributed by atoms with van der Waals surface area (Å²) in [6.07, 6.45) is 2.08. The van der Waals surface area contributed by atoms with Crippen LogP contribution in [-0.4, -0.2) is 19.2 Å². The fourth-order valence-corrected chi connectivity index (χ4v) is 4.94. The van der Waals surface area contributed by atoms with Gasteiger partial charge in [0.25, 0.3) is 0 Å². The average molecular weight is 430 g/mol. The van der Waals surface area contributed by atoms with Crippen molar-refractivity contribution in [1.29, 1.82) is 0 Å². The van der Waals surface area contributed by atoms with Crippen molar-refractivity contribution in [2.24, 2.45) is 5.92 Å². The molecule has 3 aliphatic rings. The Labute approximate surface area is 166 Å². The monoisotopic (exact) mass is 429 g/mol. The molecule has 5 rings (SSSR count). The molecule has 3 aliphatic heterocycles. The Morgan fingerprint density at radius 3 is 2.78 bits per heavy atom. The molecule has 0 aromatic heterocycles. The van der Waals surface area contributed by atoms with Gasteiger partial charge >= 0.3 is 0 Å². The molecule has 1 fully saturated rings. The minimum absolute atomic E-state index is 0.0170. The van der Waals surface area contributed by atoms with Crippen LogP contribution in [0.15, 0.2) is 34.8 Å². The molecular formula is C21H20BrNO4. The van der Waals surface area contributed by atoms with Gasteiger partial charge in [-0.1, -0.05) is 15.9 Å². The van der Waals surface area contributed by atoms with Crippen LogP contribution in [-0.2, 0) is 4.74 Å². The van der Waals surface area contributed by atoms with E-state index in [0.29, 0.717) is 0 Å². The van der Waals surface area contributed by atoms with Gasteiger partial charge < -0.3 is 19.5 Å². The van der Waals surface area contributed by atoms with Crippen molar-refractivity contribution < 1.29 is 19.0 Å². The molecule has 2 aromatic carbocycles. The van der Waals surface area contributed by atoms with E-state index in [1.54, 1.807) is 6.92 Å². The summed E-state index contributed by atoms with van der Waals surface area (Å²) in [5, 5.41) is 3.69. The first kappa shape index (κ1) is 17.1. The Hall–Kier alpha value is -2.05. The maximum atomic E-state index is 11.8. The number of carbonyl (C=O) groups is 1. The number of fused-ring (bicyclic) bond motifs is 4. The van der Waals surface area contributed by atoms with Gasteiger partial charge in [0.2, 0.25) is 6.79 Å². The van der Waals surface area contributed by atoms with E-state index in [1.807, 2.05) is 24.3 Å². The molecule has 0 spiro atoms. The third-order valence-electron chi connectivity index (χ3n) is 5.70. The highest BCUT2D eigenvalue weighted by molar-refractivity contribution is 9.10. The highest BCUT2D eigenvalue weighted by atomic mass is 79.9. The fraction of sp³-hybridized carbons (Fsp3) is 0.381. The summed E-state index contributed by atoms with van der Waals surface area (Å²) >= 11 is 3.71. The first-order chi connectivity index (χ1) is 13.1. The second kappa shape index (κ2) is 6.53. The molecule has 3 atom stereocenters. The van der Waals surface area contributed by atoms with E-state index < -0.39 is 0 Å². The second-order valence-electron chi connectivity index (χ2n) is 7.30. The molecule has 3 heterocycles. The van der Waals surface area contributed by atoms with E-state index in [2.05, 4.69) is 27.3 Å². The summed E-state index contributed by atoms with van der Waals surface area (Å²) in [4.78, 5) is 11.8. The lowest BCUT2D eigenvalue weighted by molar-refractivity contribution is -0.0382. The first-order valence-electron chi connectivity index (χ1n) is 9.24. The van der Waals surface area contributed by atoms with Crippen LogP contribution < -0.4 is 14.8 Å². The molecule has 140 valence electrons. The van der Waals surface area contributed by atoms with Gasteiger partial charge in [-0.25, -0.2) is 0 Å². The Kier molecular flexibility index (Phi) is 4.13. The van der Waals surface area contributed by atoms with E-state index >= 15 is 0 Å². The zero-order chi connectivity index (χ0) is 18.5. The third-order valence-corrected chi connectivity index (χ3v) is 6.39. The van der Waals surface area contributed by atoms with E-state index in [9.17, 15) is 4.79 Å². The number of hydrogen-bond acceptors (Lipinski definition) is 5. The summed E-state index contributed by atoms with van der Waals surface area (Å²) in [6, 6.07) is 9.99. The Balaban J connectivity index is 1.60. The number of anilines is 1. The van der Waals surface area contributed by atoms with Crippen molar-refractivity contribution in [3.8, 4) is 11.5 Å². The molecule has 1 saturated heterocycles. The molecule has 27 heavy (non-hydrogen) atoms. The van der Waals surface area contributed by atoms with E-state index in [0.717, 1.165) is 57.8 Å². The molecular weight excluding hydrogens is 410 g/mol. The molecule has 0 bridgehead atoms. The number of carbonyl (C=O) groups excluding carboxylic acids is 1. The van der Waals surface area contributed by atoms with Crippen LogP contribution >= 0.6 is 15.9 Å². The van der Waals surface area contributed by atoms with Crippen LogP contribution in [0.3, 0.4) is 0 Å². The smallest absolute Gasteiger partial charge is 0.231 e. The fourth-order valence-electron chi connectivity index (χ4n) is 4.37. The zero-order valence-electron chi connectivity index (χ0n) is 15.0. The average Bonchev–Trinajstić information content (AvgIpc) is 3.13. The van der Waals surface area contributed by atoms with Crippen LogP contribution in [0.5, 0.6) is 11.5 Å². The number of hydrogen-bond donors (Lipinski definition) is 1. The zero-order valence-corrected chi connectivity index (χ0v) is 16.5. The minimum atomic E-state index is -0.0170. The first-order valence-corrected chi connectivity index (χ1v) is 10.0. The van der Waals surface area contributed by atoms with Crippen LogP contribution in [0.25, 0.3) is 0 Å². The predicted molar refractivity (Wildman–Crippen MR) is 104 cm³/mol. The van der Waals surface area contributed by atoms with Gasteiger partial charge in [-0.15, -0.1) is 0 Å². The van der Waals surface area contributed by atoms with Crippen LogP contribution in [0, 0.1) is 5.92 Å². The summed E-state index contributed by atoms with van der Waals surface area (Å²) in [6.45, 7) is 2.61. The number of benzene rings is 2. The molecule has 1 N–H and O–H groups in total. The molecule has 0 radical (unpaired) electrons. The van der Waals surface area contributed by atoms with Crippen LogP contribution in [0.2, 0.25) is 0 Å². The van der Waals surface area contributed by atoms with Crippen molar-refractivity contribution in [3.63, 3.8) is 0 Å². The number of nitrogens with one attached hydrogen (secondary N) is 1. The Morgan fingerprint density at radius 2 is 1.96 bits per heavy atom. The highest BCUT2D eigenvalue weighted by Gasteiger charge is 2.41. The van der Waals surface area contributed by atoms with Crippen molar-refractivity contribution in [1.82, 2.24) is 0 Å². The van der Waals surface area contributed by atoms with E-state index in [4.69, 9.17) is 14.2 Å². The minimum Gasteiger partial charge on any atom is -0.454 e. The van der Waals surface area contributed by atoms with Gasteiger partial charge in [0.05, 0.1) is 12.1 Å². The Bertz CT molecular complexity index is 929.